The van der Waals surface area contributed by atoms with Gasteiger partial charge in [0.1, 0.15) is 0 Å². The van der Waals surface area contributed by atoms with Crippen LogP contribution in [-0.4, -0.2) is 16.1 Å². The summed E-state index contributed by atoms with van der Waals surface area (Å²) in [5, 5.41) is 10.6. The fraction of sp³-hybridized carbons (Fsp3) is 0.167. The van der Waals surface area contributed by atoms with Gasteiger partial charge in [-0.2, -0.15) is 0 Å². The summed E-state index contributed by atoms with van der Waals surface area (Å²) >= 11 is 0. The quantitative estimate of drug-likeness (QED) is 0.796. The Labute approximate surface area is 134 Å². The van der Waals surface area contributed by atoms with Gasteiger partial charge in [0.25, 0.3) is 5.91 Å². The molecule has 0 radical (unpaired) electrons. The molecule has 0 saturated heterocycles. The Bertz CT molecular complexity index is 868. The number of hydrogen-bond donors (Lipinski definition) is 1. The molecular formula is C18H17N3O2. The van der Waals surface area contributed by atoms with Crippen LogP contribution in [0.3, 0.4) is 0 Å². The van der Waals surface area contributed by atoms with Crippen molar-refractivity contribution in [2.75, 3.05) is 5.32 Å². The van der Waals surface area contributed by atoms with E-state index in [-0.39, 0.29) is 11.9 Å². The average molecular weight is 307 g/mol. The Morgan fingerprint density at radius 3 is 2.57 bits per heavy atom. The Morgan fingerprint density at radius 2 is 1.78 bits per heavy atom. The van der Waals surface area contributed by atoms with E-state index in [0.717, 1.165) is 22.3 Å². The molecule has 23 heavy (non-hydrogen) atoms. The Morgan fingerprint density at radius 1 is 1.00 bits per heavy atom. The highest BCUT2D eigenvalue weighted by molar-refractivity contribution is 6.04. The molecule has 0 spiro atoms. The monoisotopic (exact) mass is 307 g/mol. The third-order valence-electron chi connectivity index (χ3n) is 3.66. The van der Waals surface area contributed by atoms with E-state index in [4.69, 9.17) is 4.42 Å². The van der Waals surface area contributed by atoms with Gasteiger partial charge in [0.2, 0.25) is 5.89 Å². The van der Waals surface area contributed by atoms with Gasteiger partial charge in [0.05, 0.1) is 0 Å². The Hall–Kier alpha value is -2.95. The van der Waals surface area contributed by atoms with Crippen molar-refractivity contribution >= 4 is 11.9 Å². The smallest absolute Gasteiger partial charge is 0.322 e. The highest BCUT2D eigenvalue weighted by atomic mass is 16.4. The van der Waals surface area contributed by atoms with E-state index >= 15 is 0 Å². The van der Waals surface area contributed by atoms with E-state index in [1.807, 2.05) is 57.2 Å². The molecule has 1 heterocycles. The predicted molar refractivity (Wildman–Crippen MR) is 88.3 cm³/mol. The van der Waals surface area contributed by atoms with Gasteiger partial charge in [-0.1, -0.05) is 41.0 Å². The number of carbonyl (C=O) groups is 1. The number of nitrogens with zero attached hydrogens (tertiary/aromatic N) is 2. The largest absolute Gasteiger partial charge is 0.403 e. The van der Waals surface area contributed by atoms with E-state index in [1.54, 1.807) is 6.07 Å². The maximum atomic E-state index is 12.3. The number of anilines is 1. The van der Waals surface area contributed by atoms with Crippen LogP contribution >= 0.6 is 0 Å². The minimum Gasteiger partial charge on any atom is -0.403 e. The molecule has 0 aliphatic carbocycles. The SMILES string of the molecule is Cc1ccc(C)c(-c2nnc(NC(=O)c3ccccc3C)o2)c1. The van der Waals surface area contributed by atoms with Crippen LogP contribution in [0.15, 0.2) is 46.9 Å². The van der Waals surface area contributed by atoms with Gasteiger partial charge in [-0.3, -0.25) is 10.1 Å². The van der Waals surface area contributed by atoms with Gasteiger partial charge in [-0.15, -0.1) is 5.10 Å². The lowest BCUT2D eigenvalue weighted by atomic mass is 10.1. The van der Waals surface area contributed by atoms with Gasteiger partial charge >= 0.3 is 6.01 Å². The summed E-state index contributed by atoms with van der Waals surface area (Å²) in [7, 11) is 0. The van der Waals surface area contributed by atoms with E-state index in [1.165, 1.54) is 0 Å². The van der Waals surface area contributed by atoms with Crippen molar-refractivity contribution in [2.24, 2.45) is 0 Å². The lowest BCUT2D eigenvalue weighted by molar-refractivity contribution is 0.102. The average Bonchev–Trinajstić information content (AvgIpc) is 2.98. The van der Waals surface area contributed by atoms with E-state index in [9.17, 15) is 4.79 Å². The van der Waals surface area contributed by atoms with Gasteiger partial charge < -0.3 is 4.42 Å². The highest BCUT2D eigenvalue weighted by Gasteiger charge is 2.15. The summed E-state index contributed by atoms with van der Waals surface area (Å²) in [6.07, 6.45) is 0. The predicted octanol–water partition coefficient (Wildman–Crippen LogP) is 3.91. The molecule has 0 aliphatic rings. The highest BCUT2D eigenvalue weighted by Crippen LogP contribution is 2.24. The summed E-state index contributed by atoms with van der Waals surface area (Å²) in [6, 6.07) is 13.4. The second kappa shape index (κ2) is 6.04. The van der Waals surface area contributed by atoms with Crippen molar-refractivity contribution in [1.29, 1.82) is 0 Å². The van der Waals surface area contributed by atoms with E-state index in [0.29, 0.717) is 11.5 Å². The molecule has 3 aromatic rings. The van der Waals surface area contributed by atoms with Gasteiger partial charge in [0.15, 0.2) is 0 Å². The summed E-state index contributed by atoms with van der Waals surface area (Å²) in [6.45, 7) is 5.86. The molecule has 3 rings (SSSR count). The van der Waals surface area contributed by atoms with Crippen LogP contribution in [-0.2, 0) is 0 Å². The minimum absolute atomic E-state index is 0.0918. The maximum absolute atomic E-state index is 12.3. The first-order valence-electron chi connectivity index (χ1n) is 7.32. The lowest BCUT2D eigenvalue weighted by Crippen LogP contribution is -2.13. The summed E-state index contributed by atoms with van der Waals surface area (Å²) in [5.74, 6) is 0.130. The molecule has 0 bridgehead atoms. The van der Waals surface area contributed by atoms with Crippen molar-refractivity contribution in [3.63, 3.8) is 0 Å². The van der Waals surface area contributed by atoms with Crippen molar-refractivity contribution in [1.82, 2.24) is 10.2 Å². The number of amides is 1. The summed E-state index contributed by atoms with van der Waals surface area (Å²) in [5.41, 5.74) is 4.48. The van der Waals surface area contributed by atoms with Crippen molar-refractivity contribution in [3.05, 3.63) is 64.7 Å². The minimum atomic E-state index is -0.265. The zero-order valence-corrected chi connectivity index (χ0v) is 13.3. The van der Waals surface area contributed by atoms with Crippen molar-refractivity contribution in [3.8, 4) is 11.5 Å². The second-order valence-corrected chi connectivity index (χ2v) is 5.50. The van der Waals surface area contributed by atoms with Crippen LogP contribution in [0, 0.1) is 20.8 Å². The first-order valence-corrected chi connectivity index (χ1v) is 7.32. The first kappa shape index (κ1) is 15.0. The molecule has 0 unspecified atom stereocenters. The van der Waals surface area contributed by atoms with Crippen LogP contribution in [0.2, 0.25) is 0 Å². The molecule has 5 nitrogen and oxygen atoms in total. The molecule has 1 aromatic heterocycles. The number of nitrogens with one attached hydrogen (secondary N) is 1. The number of hydrogen-bond acceptors (Lipinski definition) is 4. The lowest BCUT2D eigenvalue weighted by Gasteiger charge is -2.04. The Balaban J connectivity index is 1.84. The third kappa shape index (κ3) is 3.13. The maximum Gasteiger partial charge on any atom is 0.322 e. The van der Waals surface area contributed by atoms with Crippen molar-refractivity contribution < 1.29 is 9.21 Å². The van der Waals surface area contributed by atoms with E-state index < -0.39 is 0 Å². The number of benzene rings is 2. The van der Waals surface area contributed by atoms with Gasteiger partial charge in [-0.25, -0.2) is 0 Å². The molecule has 5 heteroatoms. The van der Waals surface area contributed by atoms with Crippen molar-refractivity contribution in [2.45, 2.75) is 20.8 Å². The van der Waals surface area contributed by atoms with Crippen LogP contribution in [0.1, 0.15) is 27.0 Å². The number of aryl methyl sites for hydroxylation is 3. The molecule has 0 fully saturated rings. The van der Waals surface area contributed by atoms with Gasteiger partial charge in [-0.05, 0) is 44.0 Å². The van der Waals surface area contributed by atoms with Gasteiger partial charge in [0, 0.05) is 11.1 Å². The van der Waals surface area contributed by atoms with Crippen LogP contribution in [0.5, 0.6) is 0 Å². The molecule has 2 aromatic carbocycles. The topological polar surface area (TPSA) is 68.0 Å². The first-order chi connectivity index (χ1) is 11.0. The molecule has 1 N–H and O–H groups in total. The van der Waals surface area contributed by atoms with Crippen LogP contribution in [0.4, 0.5) is 6.01 Å². The fourth-order valence-electron chi connectivity index (χ4n) is 2.34. The van der Waals surface area contributed by atoms with Crippen LogP contribution < -0.4 is 5.32 Å². The molecule has 0 aliphatic heterocycles. The zero-order chi connectivity index (χ0) is 16.4. The van der Waals surface area contributed by atoms with Crippen LogP contribution in [0.25, 0.3) is 11.5 Å². The summed E-state index contributed by atoms with van der Waals surface area (Å²) in [4.78, 5) is 12.3. The Kier molecular flexibility index (Phi) is 3.93. The molecular weight excluding hydrogens is 290 g/mol. The molecule has 116 valence electrons. The normalized spacial score (nSPS) is 10.6. The summed E-state index contributed by atoms with van der Waals surface area (Å²) < 4.78 is 5.58. The zero-order valence-electron chi connectivity index (χ0n) is 13.3. The second-order valence-electron chi connectivity index (χ2n) is 5.50. The fourth-order valence-corrected chi connectivity index (χ4v) is 2.34. The molecule has 0 saturated carbocycles. The standard InChI is InChI=1S/C18H17N3O2/c1-11-8-9-13(3)15(10-11)17-20-21-18(23-17)19-16(22)14-7-5-4-6-12(14)2/h4-10H,1-3H3,(H,19,21,22). The number of aromatic nitrogens is 2. The molecule has 0 atom stereocenters. The number of rotatable bonds is 3. The number of carbonyl (C=O) groups excluding carboxylic acids is 1. The van der Waals surface area contributed by atoms with E-state index in [2.05, 4.69) is 15.5 Å². The third-order valence-corrected chi connectivity index (χ3v) is 3.66. The molecule has 1 amide bonds.